The van der Waals surface area contributed by atoms with E-state index in [1.54, 1.807) is 32.0 Å². The number of hydrogen-bond acceptors (Lipinski definition) is 9. The highest BCUT2D eigenvalue weighted by Gasteiger charge is 2.43. The summed E-state index contributed by atoms with van der Waals surface area (Å²) in [6.45, 7) is 6.20. The van der Waals surface area contributed by atoms with Crippen LogP contribution in [0.3, 0.4) is 0 Å². The number of hydrogen-bond donors (Lipinski definition) is 3. The lowest BCUT2D eigenvalue weighted by molar-refractivity contribution is -0.149. The van der Waals surface area contributed by atoms with Crippen molar-refractivity contribution in [1.82, 2.24) is 14.6 Å². The number of rotatable bonds is 10. The Morgan fingerprint density at radius 2 is 1.92 bits per heavy atom. The van der Waals surface area contributed by atoms with Crippen LogP contribution in [0.4, 0.5) is 4.39 Å². The topological polar surface area (TPSA) is 158 Å². The van der Waals surface area contributed by atoms with E-state index in [1.165, 1.54) is 26.0 Å². The third kappa shape index (κ3) is 6.89. The number of aromatic amines is 1. The summed E-state index contributed by atoms with van der Waals surface area (Å²) < 4.78 is 50.3. The predicted molar refractivity (Wildman–Crippen MR) is 125 cm³/mol. The van der Waals surface area contributed by atoms with Gasteiger partial charge in [0.25, 0.3) is 5.56 Å². The Balaban J connectivity index is 1.79. The van der Waals surface area contributed by atoms with E-state index in [1.807, 2.05) is 4.98 Å². The molecule has 2 heterocycles. The molecule has 0 amide bonds. The van der Waals surface area contributed by atoms with Crippen LogP contribution in [0, 0.1) is 5.82 Å². The monoisotopic (exact) mass is 529 g/mol. The van der Waals surface area contributed by atoms with Crippen LogP contribution in [0.1, 0.15) is 40.3 Å². The predicted octanol–water partition coefficient (Wildman–Crippen LogP) is 1.85. The minimum Gasteiger partial charge on any atom is -0.462 e. The number of nitrogens with one attached hydrogen (secondary N) is 2. The normalized spacial score (nSPS) is 23.1. The van der Waals surface area contributed by atoms with Crippen LogP contribution in [0.25, 0.3) is 0 Å². The van der Waals surface area contributed by atoms with Gasteiger partial charge in [-0.2, -0.15) is 9.48 Å². The number of carbonyl (C=O) groups excluding carboxylic acids is 1. The molecule has 12 nitrogen and oxygen atoms in total. The number of ether oxygens (including phenoxy) is 2. The first-order valence-corrected chi connectivity index (χ1v) is 12.8. The molecule has 0 spiro atoms. The minimum absolute atomic E-state index is 0.141. The van der Waals surface area contributed by atoms with Gasteiger partial charge in [0.05, 0.1) is 24.5 Å². The Morgan fingerprint density at radius 3 is 2.56 bits per heavy atom. The van der Waals surface area contributed by atoms with Gasteiger partial charge in [0.1, 0.15) is 24.1 Å². The molecule has 6 atom stereocenters. The Labute approximate surface area is 205 Å². The van der Waals surface area contributed by atoms with Gasteiger partial charge in [-0.3, -0.25) is 23.7 Å². The lowest BCUT2D eigenvalue weighted by Crippen LogP contribution is -2.40. The van der Waals surface area contributed by atoms with E-state index in [0.717, 1.165) is 4.57 Å². The molecule has 1 fully saturated rings. The average molecular weight is 529 g/mol. The standard InChI is InChI=1S/C22H29FN3O9P/c1-12(2)32-21(29)13(3)25-36(31,35-15-8-6-5-7-9-15)34-14(4)19-17(27)10-18(33-19)26-11-16(23)20(28)24-22(26)30/h5-9,11-14,17-19,27H,10H2,1-4H3,(H,25,31)(H,24,28,30)/t13-,14+,17-,18+,19+,36-/m0/s1. The zero-order valence-corrected chi connectivity index (χ0v) is 21.0. The Hall–Kier alpha value is -2.83. The van der Waals surface area contributed by atoms with Crippen molar-refractivity contribution in [2.75, 3.05) is 0 Å². The van der Waals surface area contributed by atoms with Crippen molar-refractivity contribution in [2.45, 2.75) is 70.8 Å². The molecule has 0 bridgehead atoms. The summed E-state index contributed by atoms with van der Waals surface area (Å²) in [5, 5.41) is 13.1. The van der Waals surface area contributed by atoms with Gasteiger partial charge in [-0.15, -0.1) is 0 Å². The Morgan fingerprint density at radius 1 is 1.25 bits per heavy atom. The first kappa shape index (κ1) is 27.8. The zero-order chi connectivity index (χ0) is 26.6. The van der Waals surface area contributed by atoms with Gasteiger partial charge in [0.15, 0.2) is 0 Å². The van der Waals surface area contributed by atoms with Gasteiger partial charge in [0.2, 0.25) is 5.82 Å². The number of H-pyrrole nitrogens is 1. The van der Waals surface area contributed by atoms with Crippen LogP contribution in [-0.2, 0) is 23.4 Å². The van der Waals surface area contributed by atoms with E-state index in [4.69, 9.17) is 18.5 Å². The summed E-state index contributed by atoms with van der Waals surface area (Å²) in [5.74, 6) is -1.70. The van der Waals surface area contributed by atoms with Gasteiger partial charge in [0, 0.05) is 6.42 Å². The summed E-state index contributed by atoms with van der Waals surface area (Å²) in [4.78, 5) is 37.5. The molecule has 0 saturated carbocycles. The molecule has 1 aliphatic heterocycles. The average Bonchev–Trinajstić information content (AvgIpc) is 3.17. The molecule has 36 heavy (non-hydrogen) atoms. The maximum absolute atomic E-state index is 13.7. The summed E-state index contributed by atoms with van der Waals surface area (Å²) in [7, 11) is -4.26. The first-order valence-electron chi connectivity index (χ1n) is 11.2. The number of aromatic nitrogens is 2. The Bertz CT molecular complexity index is 1220. The quantitative estimate of drug-likeness (QED) is 0.306. The van der Waals surface area contributed by atoms with Crippen molar-refractivity contribution in [1.29, 1.82) is 0 Å². The third-order valence-corrected chi connectivity index (χ3v) is 6.93. The van der Waals surface area contributed by atoms with Crippen LogP contribution in [0.2, 0.25) is 0 Å². The van der Waals surface area contributed by atoms with E-state index in [0.29, 0.717) is 6.20 Å². The molecular formula is C22H29FN3O9P. The third-order valence-electron chi connectivity index (χ3n) is 5.16. The van der Waals surface area contributed by atoms with Crippen LogP contribution in [-0.4, -0.2) is 51.1 Å². The fourth-order valence-electron chi connectivity index (χ4n) is 3.55. The molecule has 1 aromatic heterocycles. The molecule has 0 radical (unpaired) electrons. The number of carbonyl (C=O) groups is 1. The number of nitrogens with zero attached hydrogens (tertiary/aromatic N) is 1. The van der Waals surface area contributed by atoms with Crippen LogP contribution in [0.5, 0.6) is 5.75 Å². The number of benzene rings is 1. The summed E-state index contributed by atoms with van der Waals surface area (Å²) in [6, 6.07) is 7.01. The number of esters is 1. The molecule has 198 valence electrons. The second-order valence-corrected chi connectivity index (χ2v) is 10.2. The van der Waals surface area contributed by atoms with Crippen LogP contribution in [0.15, 0.2) is 46.1 Å². The second kappa shape index (κ2) is 11.5. The summed E-state index contributed by atoms with van der Waals surface area (Å²) >= 11 is 0. The van der Waals surface area contributed by atoms with E-state index < -0.39 is 67.5 Å². The molecule has 0 unspecified atom stereocenters. The zero-order valence-electron chi connectivity index (χ0n) is 20.1. The van der Waals surface area contributed by atoms with Crippen molar-refractivity contribution in [3.63, 3.8) is 0 Å². The fraction of sp³-hybridized carbons (Fsp3) is 0.500. The number of para-hydroxylation sites is 1. The maximum atomic E-state index is 13.7. The fourth-order valence-corrected chi connectivity index (χ4v) is 5.24. The van der Waals surface area contributed by atoms with E-state index in [-0.39, 0.29) is 12.2 Å². The van der Waals surface area contributed by atoms with E-state index in [2.05, 4.69) is 5.09 Å². The molecule has 1 aliphatic rings. The Kier molecular flexibility index (Phi) is 8.85. The molecule has 3 rings (SSSR count). The highest BCUT2D eigenvalue weighted by molar-refractivity contribution is 7.52. The van der Waals surface area contributed by atoms with Gasteiger partial charge >= 0.3 is 19.4 Å². The van der Waals surface area contributed by atoms with Crippen LogP contribution >= 0.6 is 7.75 Å². The van der Waals surface area contributed by atoms with Gasteiger partial charge in [-0.1, -0.05) is 18.2 Å². The van der Waals surface area contributed by atoms with Crippen molar-refractivity contribution >= 4 is 13.7 Å². The maximum Gasteiger partial charge on any atom is 0.459 e. The number of halogens is 1. The van der Waals surface area contributed by atoms with Crippen LogP contribution < -0.4 is 20.9 Å². The number of aliphatic hydroxyl groups is 1. The lowest BCUT2D eigenvalue weighted by atomic mass is 10.1. The van der Waals surface area contributed by atoms with Gasteiger partial charge < -0.3 is 19.1 Å². The lowest BCUT2D eigenvalue weighted by Gasteiger charge is -2.29. The smallest absolute Gasteiger partial charge is 0.459 e. The van der Waals surface area contributed by atoms with E-state index in [9.17, 15) is 28.4 Å². The van der Waals surface area contributed by atoms with Gasteiger partial charge in [-0.05, 0) is 39.8 Å². The second-order valence-electron chi connectivity index (χ2n) is 8.55. The van der Waals surface area contributed by atoms with Crippen molar-refractivity contribution in [2.24, 2.45) is 0 Å². The summed E-state index contributed by atoms with van der Waals surface area (Å²) in [5.41, 5.74) is -2.11. The molecule has 3 N–H and O–H groups in total. The largest absolute Gasteiger partial charge is 0.462 e. The molecular weight excluding hydrogens is 500 g/mol. The van der Waals surface area contributed by atoms with Crippen molar-refractivity contribution in [3.05, 3.63) is 63.2 Å². The van der Waals surface area contributed by atoms with E-state index >= 15 is 0 Å². The molecule has 1 saturated heterocycles. The highest BCUT2D eigenvalue weighted by atomic mass is 31.2. The molecule has 0 aliphatic carbocycles. The molecule has 2 aromatic rings. The first-order chi connectivity index (χ1) is 16.9. The minimum atomic E-state index is -4.26. The molecule has 1 aromatic carbocycles. The van der Waals surface area contributed by atoms with Gasteiger partial charge in [-0.25, -0.2) is 9.36 Å². The number of aliphatic hydroxyl groups excluding tert-OH is 1. The SMILES string of the molecule is CC(C)OC(=O)[C@H](C)N[P@@](=O)(Oc1ccccc1)O[C@H](C)[C@H]1O[C@@H](n2cc(F)c(=O)[nH]c2=O)C[C@@H]1O. The van der Waals surface area contributed by atoms with Crippen molar-refractivity contribution < 1.29 is 37.4 Å². The molecule has 14 heteroatoms. The van der Waals surface area contributed by atoms with Crippen molar-refractivity contribution in [3.8, 4) is 5.75 Å². The highest BCUT2D eigenvalue weighted by Crippen LogP contribution is 2.47. The summed E-state index contributed by atoms with van der Waals surface area (Å²) in [6.07, 6.45) is -4.42.